The summed E-state index contributed by atoms with van der Waals surface area (Å²) in [5.41, 5.74) is 1.95. The van der Waals surface area contributed by atoms with E-state index in [4.69, 9.17) is 23.2 Å². The van der Waals surface area contributed by atoms with Crippen LogP contribution in [0.1, 0.15) is 63.7 Å². The van der Waals surface area contributed by atoms with Gasteiger partial charge in [0.2, 0.25) is 0 Å². The average Bonchev–Trinajstić information content (AvgIpc) is 2.80. The number of rotatable bonds is 6. The van der Waals surface area contributed by atoms with E-state index in [2.05, 4.69) is 23.4 Å². The molecule has 0 amide bonds. The summed E-state index contributed by atoms with van der Waals surface area (Å²) < 4.78 is 2.23. The van der Waals surface area contributed by atoms with Gasteiger partial charge in [0.05, 0.1) is 21.4 Å². The zero-order valence-electron chi connectivity index (χ0n) is 12.4. The van der Waals surface area contributed by atoms with Crippen LogP contribution in [0.15, 0.2) is 18.2 Å². The third-order valence-electron chi connectivity index (χ3n) is 3.71. The molecule has 0 aliphatic carbocycles. The van der Waals surface area contributed by atoms with Crippen LogP contribution >= 0.6 is 23.2 Å². The molecule has 2 rings (SSSR count). The van der Waals surface area contributed by atoms with Crippen molar-refractivity contribution in [3.8, 4) is 0 Å². The van der Waals surface area contributed by atoms with Crippen molar-refractivity contribution in [2.24, 2.45) is 0 Å². The monoisotopic (exact) mass is 312 g/mol. The summed E-state index contributed by atoms with van der Waals surface area (Å²) in [4.78, 5) is 4.67. The fourth-order valence-electron chi connectivity index (χ4n) is 2.67. The van der Waals surface area contributed by atoms with Crippen LogP contribution < -0.4 is 0 Å². The quantitative estimate of drug-likeness (QED) is 0.463. The van der Waals surface area contributed by atoms with Crippen LogP contribution in [0.3, 0.4) is 0 Å². The first kappa shape index (κ1) is 15.7. The Hall–Kier alpha value is -0.730. The highest BCUT2D eigenvalue weighted by atomic mass is 35.5. The summed E-state index contributed by atoms with van der Waals surface area (Å²) in [6.07, 6.45) is 4.84. The molecule has 1 aromatic carbocycles. The van der Waals surface area contributed by atoms with Gasteiger partial charge in [-0.1, -0.05) is 43.9 Å². The van der Waals surface area contributed by atoms with Crippen molar-refractivity contribution in [1.29, 1.82) is 0 Å². The van der Waals surface area contributed by atoms with Crippen molar-refractivity contribution in [2.45, 2.75) is 57.9 Å². The SMILES string of the molecule is CCCCCC(C)n1c(C(C)Cl)nc2cccc(Cl)c21. The largest absolute Gasteiger partial charge is 0.323 e. The molecule has 0 aliphatic rings. The van der Waals surface area contributed by atoms with Gasteiger partial charge in [0.25, 0.3) is 0 Å². The van der Waals surface area contributed by atoms with E-state index in [1.54, 1.807) is 0 Å². The Labute approximate surface area is 131 Å². The van der Waals surface area contributed by atoms with E-state index >= 15 is 0 Å². The van der Waals surface area contributed by atoms with Crippen molar-refractivity contribution in [1.82, 2.24) is 9.55 Å². The molecular formula is C16H22Cl2N2. The zero-order valence-corrected chi connectivity index (χ0v) is 13.9. The summed E-state index contributed by atoms with van der Waals surface area (Å²) in [6, 6.07) is 6.22. The molecule has 0 aliphatic heterocycles. The number of alkyl halides is 1. The molecule has 0 N–H and O–H groups in total. The van der Waals surface area contributed by atoms with Crippen molar-refractivity contribution in [2.75, 3.05) is 0 Å². The second kappa shape index (κ2) is 6.82. The maximum Gasteiger partial charge on any atom is 0.128 e. The lowest BCUT2D eigenvalue weighted by molar-refractivity contribution is 0.472. The summed E-state index contributed by atoms with van der Waals surface area (Å²) >= 11 is 12.7. The lowest BCUT2D eigenvalue weighted by Crippen LogP contribution is -2.10. The van der Waals surface area contributed by atoms with Crippen LogP contribution in [-0.4, -0.2) is 9.55 Å². The Balaban J connectivity index is 2.45. The Morgan fingerprint density at radius 2 is 2.00 bits per heavy atom. The molecule has 0 saturated heterocycles. The second-order valence-electron chi connectivity index (χ2n) is 5.41. The fourth-order valence-corrected chi connectivity index (χ4v) is 3.08. The number of aromatic nitrogens is 2. The number of nitrogens with zero attached hydrogens (tertiary/aromatic N) is 2. The predicted octanol–water partition coefficient (Wildman–Crippen LogP) is 6.13. The summed E-state index contributed by atoms with van der Waals surface area (Å²) in [5.74, 6) is 0.916. The zero-order chi connectivity index (χ0) is 14.7. The van der Waals surface area contributed by atoms with Crippen LogP contribution in [0.2, 0.25) is 5.02 Å². The van der Waals surface area contributed by atoms with Gasteiger partial charge < -0.3 is 4.57 Å². The number of imidazole rings is 1. The van der Waals surface area contributed by atoms with E-state index in [1.165, 1.54) is 19.3 Å². The number of benzene rings is 1. The van der Waals surface area contributed by atoms with Gasteiger partial charge in [-0.2, -0.15) is 0 Å². The molecule has 2 nitrogen and oxygen atoms in total. The third kappa shape index (κ3) is 3.12. The lowest BCUT2D eigenvalue weighted by Gasteiger charge is -2.19. The summed E-state index contributed by atoms with van der Waals surface area (Å²) in [6.45, 7) is 6.41. The summed E-state index contributed by atoms with van der Waals surface area (Å²) in [5, 5.41) is 0.632. The van der Waals surface area contributed by atoms with E-state index in [0.29, 0.717) is 6.04 Å². The Kier molecular flexibility index (Phi) is 5.34. The second-order valence-corrected chi connectivity index (χ2v) is 6.47. The molecule has 110 valence electrons. The molecule has 2 aromatic rings. The molecule has 1 aromatic heterocycles. The number of halogens is 2. The van der Waals surface area contributed by atoms with E-state index in [9.17, 15) is 0 Å². The van der Waals surface area contributed by atoms with Gasteiger partial charge in [0.15, 0.2) is 0 Å². The lowest BCUT2D eigenvalue weighted by atomic mass is 10.1. The number of hydrogen-bond donors (Lipinski definition) is 0. The van der Waals surface area contributed by atoms with E-state index in [-0.39, 0.29) is 5.38 Å². The molecule has 4 heteroatoms. The maximum absolute atomic E-state index is 6.38. The minimum absolute atomic E-state index is 0.118. The topological polar surface area (TPSA) is 17.8 Å². The smallest absolute Gasteiger partial charge is 0.128 e. The molecule has 0 saturated carbocycles. The number of para-hydroxylation sites is 1. The molecule has 0 radical (unpaired) electrons. The van der Waals surface area contributed by atoms with Crippen molar-refractivity contribution in [3.05, 3.63) is 29.0 Å². The highest BCUT2D eigenvalue weighted by Crippen LogP contribution is 2.33. The summed E-state index contributed by atoms with van der Waals surface area (Å²) in [7, 11) is 0. The molecule has 0 fully saturated rings. The molecule has 2 unspecified atom stereocenters. The number of fused-ring (bicyclic) bond motifs is 1. The van der Waals surface area contributed by atoms with E-state index < -0.39 is 0 Å². The Morgan fingerprint density at radius 3 is 2.65 bits per heavy atom. The molecule has 20 heavy (non-hydrogen) atoms. The van der Waals surface area contributed by atoms with Gasteiger partial charge in [-0.05, 0) is 32.4 Å². The predicted molar refractivity (Wildman–Crippen MR) is 87.9 cm³/mol. The van der Waals surface area contributed by atoms with Crippen LogP contribution in [0.25, 0.3) is 11.0 Å². The minimum atomic E-state index is -0.118. The van der Waals surface area contributed by atoms with Gasteiger partial charge in [-0.3, -0.25) is 0 Å². The van der Waals surface area contributed by atoms with E-state index in [1.807, 2.05) is 25.1 Å². The normalized spacial score (nSPS) is 14.7. The van der Waals surface area contributed by atoms with Gasteiger partial charge >= 0.3 is 0 Å². The minimum Gasteiger partial charge on any atom is -0.323 e. The van der Waals surface area contributed by atoms with Crippen molar-refractivity contribution in [3.63, 3.8) is 0 Å². The Morgan fingerprint density at radius 1 is 1.25 bits per heavy atom. The highest BCUT2D eigenvalue weighted by Gasteiger charge is 2.20. The standard InChI is InChI=1S/C16H22Cl2N2/c1-4-5-6-8-11(2)20-15-13(18)9-7-10-14(15)19-16(20)12(3)17/h7,9-12H,4-6,8H2,1-3H3. The molecule has 0 bridgehead atoms. The maximum atomic E-state index is 6.38. The molecule has 0 spiro atoms. The Bertz CT molecular complexity index is 575. The van der Waals surface area contributed by atoms with Crippen LogP contribution in [0.4, 0.5) is 0 Å². The fraction of sp³-hybridized carbons (Fsp3) is 0.562. The van der Waals surface area contributed by atoms with Gasteiger partial charge in [0, 0.05) is 6.04 Å². The molecular weight excluding hydrogens is 291 g/mol. The van der Waals surface area contributed by atoms with Crippen LogP contribution in [0.5, 0.6) is 0 Å². The van der Waals surface area contributed by atoms with Crippen LogP contribution in [-0.2, 0) is 0 Å². The first-order chi connectivity index (χ1) is 9.56. The number of hydrogen-bond acceptors (Lipinski definition) is 1. The molecule has 1 heterocycles. The number of unbranched alkanes of at least 4 members (excludes halogenated alkanes) is 2. The third-order valence-corrected chi connectivity index (χ3v) is 4.21. The van der Waals surface area contributed by atoms with Gasteiger partial charge in [0.1, 0.15) is 5.82 Å². The van der Waals surface area contributed by atoms with Crippen LogP contribution in [0, 0.1) is 0 Å². The van der Waals surface area contributed by atoms with Gasteiger partial charge in [-0.25, -0.2) is 4.98 Å². The molecule has 2 atom stereocenters. The average molecular weight is 313 g/mol. The van der Waals surface area contributed by atoms with Gasteiger partial charge in [-0.15, -0.1) is 11.6 Å². The first-order valence-corrected chi connectivity index (χ1v) is 8.18. The van der Waals surface area contributed by atoms with E-state index in [0.717, 1.165) is 28.3 Å². The highest BCUT2D eigenvalue weighted by molar-refractivity contribution is 6.35. The van der Waals surface area contributed by atoms with Crippen molar-refractivity contribution < 1.29 is 0 Å². The first-order valence-electron chi connectivity index (χ1n) is 7.36. The van der Waals surface area contributed by atoms with Crippen molar-refractivity contribution >= 4 is 34.2 Å².